The van der Waals surface area contributed by atoms with E-state index in [2.05, 4.69) is 70.4 Å². The van der Waals surface area contributed by atoms with Crippen LogP contribution in [0.3, 0.4) is 0 Å². The summed E-state index contributed by atoms with van der Waals surface area (Å²) in [5.74, 6) is 0.813. The minimum Gasteiger partial charge on any atom is -0.393 e. The van der Waals surface area contributed by atoms with Crippen LogP contribution in [0.15, 0.2) is 89.3 Å². The Hall–Kier alpha value is -2.08. The molecule has 2 atom stereocenters. The fourth-order valence-electron chi connectivity index (χ4n) is 3.07. The predicted molar refractivity (Wildman–Crippen MR) is 115 cm³/mol. The highest BCUT2D eigenvalue weighted by Gasteiger charge is 2.26. The summed E-state index contributed by atoms with van der Waals surface area (Å²) < 4.78 is 0. The van der Waals surface area contributed by atoms with E-state index in [1.165, 1.54) is 16.7 Å². The second-order valence-electron chi connectivity index (χ2n) is 7.35. The Morgan fingerprint density at radius 1 is 0.923 bits per heavy atom. The van der Waals surface area contributed by atoms with E-state index in [1.54, 1.807) is 0 Å². The maximum absolute atomic E-state index is 9.84. The number of hydrogen-bond donors (Lipinski definition) is 1. The third kappa shape index (κ3) is 8.34. The highest BCUT2D eigenvalue weighted by molar-refractivity contribution is 5.30. The van der Waals surface area contributed by atoms with E-state index in [9.17, 15) is 5.11 Å². The summed E-state index contributed by atoms with van der Waals surface area (Å²) >= 11 is 0. The molecule has 1 aliphatic carbocycles. The van der Waals surface area contributed by atoms with Gasteiger partial charge in [-0.05, 0) is 62.7 Å². The first-order valence-corrected chi connectivity index (χ1v) is 9.47. The summed E-state index contributed by atoms with van der Waals surface area (Å²) in [5.41, 5.74) is 8.33. The molecular weight excluding hydrogens is 316 g/mol. The Morgan fingerprint density at radius 3 is 2.04 bits per heavy atom. The zero-order valence-corrected chi connectivity index (χ0v) is 17.0. The van der Waals surface area contributed by atoms with Gasteiger partial charge in [0.15, 0.2) is 0 Å². The summed E-state index contributed by atoms with van der Waals surface area (Å²) in [4.78, 5) is 0. The SMILES string of the molecule is C=C/C(C)=C/C=C/C=C(C)/C=C/C=C(\C)C=C=C1C(C)CC(O)CC1C. The molecule has 1 saturated carbocycles. The molecule has 0 aromatic rings. The number of hydrogen-bond acceptors (Lipinski definition) is 1. The lowest BCUT2D eigenvalue weighted by Gasteiger charge is -2.30. The van der Waals surface area contributed by atoms with Crippen LogP contribution in [0.1, 0.15) is 47.5 Å². The van der Waals surface area contributed by atoms with Gasteiger partial charge in [-0.3, -0.25) is 0 Å². The molecule has 0 heterocycles. The van der Waals surface area contributed by atoms with Crippen molar-refractivity contribution in [3.63, 3.8) is 0 Å². The third-order valence-corrected chi connectivity index (χ3v) is 4.65. The Balaban J connectivity index is 2.71. The van der Waals surface area contributed by atoms with Crippen molar-refractivity contribution < 1.29 is 5.11 Å². The number of aliphatic hydroxyl groups is 1. The Kier molecular flexibility index (Phi) is 9.73. The van der Waals surface area contributed by atoms with Crippen molar-refractivity contribution in [2.24, 2.45) is 11.8 Å². The minimum atomic E-state index is -0.162. The van der Waals surface area contributed by atoms with E-state index in [4.69, 9.17) is 0 Å². The van der Waals surface area contributed by atoms with Crippen molar-refractivity contribution in [3.8, 4) is 0 Å². The zero-order chi connectivity index (χ0) is 19.5. The van der Waals surface area contributed by atoms with Gasteiger partial charge >= 0.3 is 0 Å². The molecule has 0 saturated heterocycles. The first-order valence-electron chi connectivity index (χ1n) is 9.47. The van der Waals surface area contributed by atoms with Gasteiger partial charge in [0.1, 0.15) is 0 Å². The van der Waals surface area contributed by atoms with E-state index in [0.29, 0.717) is 11.8 Å². The van der Waals surface area contributed by atoms with Crippen LogP contribution in [0.5, 0.6) is 0 Å². The van der Waals surface area contributed by atoms with E-state index in [1.807, 2.05) is 31.2 Å². The maximum Gasteiger partial charge on any atom is 0.0552 e. The fraction of sp³-hybridized carbons (Fsp3) is 0.400. The van der Waals surface area contributed by atoms with Crippen molar-refractivity contribution in [1.29, 1.82) is 0 Å². The molecule has 2 unspecified atom stereocenters. The second kappa shape index (κ2) is 11.5. The molecule has 0 spiro atoms. The molecule has 140 valence electrons. The molecule has 1 rings (SSSR count). The topological polar surface area (TPSA) is 20.2 Å². The Labute approximate surface area is 160 Å². The summed E-state index contributed by atoms with van der Waals surface area (Å²) in [6.45, 7) is 14.3. The maximum atomic E-state index is 9.84. The molecule has 0 aliphatic heterocycles. The molecule has 26 heavy (non-hydrogen) atoms. The Morgan fingerprint density at radius 2 is 1.46 bits per heavy atom. The normalized spacial score (nSPS) is 25.7. The van der Waals surface area contributed by atoms with Gasteiger partial charge in [0.25, 0.3) is 0 Å². The van der Waals surface area contributed by atoms with Crippen molar-refractivity contribution in [2.45, 2.75) is 53.6 Å². The van der Waals surface area contributed by atoms with Crippen LogP contribution >= 0.6 is 0 Å². The molecule has 0 radical (unpaired) electrons. The first kappa shape index (κ1) is 22.0. The molecule has 0 bridgehead atoms. The largest absolute Gasteiger partial charge is 0.393 e. The lowest BCUT2D eigenvalue weighted by Crippen LogP contribution is -2.25. The van der Waals surface area contributed by atoms with Crippen LogP contribution < -0.4 is 0 Å². The van der Waals surface area contributed by atoms with Gasteiger partial charge in [-0.2, -0.15) is 0 Å². The van der Waals surface area contributed by atoms with Gasteiger partial charge in [0.05, 0.1) is 6.10 Å². The molecule has 1 aliphatic rings. The highest BCUT2D eigenvalue weighted by Crippen LogP contribution is 2.33. The minimum absolute atomic E-state index is 0.162. The van der Waals surface area contributed by atoms with Crippen LogP contribution in [-0.4, -0.2) is 11.2 Å². The van der Waals surface area contributed by atoms with Crippen molar-refractivity contribution in [3.05, 3.63) is 89.3 Å². The van der Waals surface area contributed by atoms with Gasteiger partial charge in [-0.25, -0.2) is 0 Å². The van der Waals surface area contributed by atoms with E-state index >= 15 is 0 Å². The first-order chi connectivity index (χ1) is 12.3. The van der Waals surface area contributed by atoms with Crippen molar-refractivity contribution >= 4 is 0 Å². The van der Waals surface area contributed by atoms with Crippen LogP contribution in [0, 0.1) is 11.8 Å². The molecule has 1 N–H and O–H groups in total. The molecule has 0 amide bonds. The van der Waals surface area contributed by atoms with E-state index < -0.39 is 0 Å². The monoisotopic (exact) mass is 350 g/mol. The van der Waals surface area contributed by atoms with Crippen molar-refractivity contribution in [1.82, 2.24) is 0 Å². The third-order valence-electron chi connectivity index (χ3n) is 4.65. The van der Waals surface area contributed by atoms with Gasteiger partial charge in [-0.15, -0.1) is 5.73 Å². The summed E-state index contributed by atoms with van der Waals surface area (Å²) in [7, 11) is 0. The molecular formula is C25H34O. The number of aliphatic hydroxyl groups excluding tert-OH is 1. The smallest absolute Gasteiger partial charge is 0.0552 e. The van der Waals surface area contributed by atoms with Crippen LogP contribution in [0.4, 0.5) is 0 Å². The summed E-state index contributed by atoms with van der Waals surface area (Å²) in [6.07, 6.45) is 19.9. The van der Waals surface area contributed by atoms with Crippen molar-refractivity contribution in [2.75, 3.05) is 0 Å². The Bertz CT molecular complexity index is 674. The van der Waals surface area contributed by atoms with Gasteiger partial charge in [0, 0.05) is 0 Å². The number of rotatable bonds is 6. The standard InChI is InChI=1S/C25H34O/c1-7-19(2)11-8-9-12-20(3)13-10-14-21(4)15-16-25-22(5)17-24(26)18-23(25)6/h7-15,22-24,26H,1,17-18H2,2-6H3/b9-8+,13-10+,19-11+,20-12+,21-14+. The molecule has 1 fully saturated rings. The van der Waals surface area contributed by atoms with Crippen LogP contribution in [0.2, 0.25) is 0 Å². The quantitative estimate of drug-likeness (QED) is 0.421. The number of allylic oxidation sites excluding steroid dienone is 12. The predicted octanol–water partition coefficient (Wildman–Crippen LogP) is 6.63. The van der Waals surface area contributed by atoms with E-state index in [-0.39, 0.29) is 6.10 Å². The van der Waals surface area contributed by atoms with Gasteiger partial charge < -0.3 is 5.11 Å². The van der Waals surface area contributed by atoms with Gasteiger partial charge in [-0.1, -0.05) is 80.2 Å². The lowest BCUT2D eigenvalue weighted by atomic mass is 9.77. The summed E-state index contributed by atoms with van der Waals surface area (Å²) in [5, 5.41) is 9.84. The zero-order valence-electron chi connectivity index (χ0n) is 17.0. The average Bonchev–Trinajstić information content (AvgIpc) is 2.57. The van der Waals surface area contributed by atoms with Crippen LogP contribution in [0.25, 0.3) is 0 Å². The molecule has 1 heteroatoms. The van der Waals surface area contributed by atoms with Crippen LogP contribution in [-0.2, 0) is 0 Å². The lowest BCUT2D eigenvalue weighted by molar-refractivity contribution is 0.107. The second-order valence-corrected chi connectivity index (χ2v) is 7.35. The fourth-order valence-corrected chi connectivity index (χ4v) is 3.07. The van der Waals surface area contributed by atoms with E-state index in [0.717, 1.165) is 18.4 Å². The molecule has 0 aromatic carbocycles. The van der Waals surface area contributed by atoms with Gasteiger partial charge in [0.2, 0.25) is 0 Å². The molecule has 1 nitrogen and oxygen atoms in total. The average molecular weight is 351 g/mol. The summed E-state index contributed by atoms with van der Waals surface area (Å²) in [6, 6.07) is 0. The molecule has 0 aromatic heterocycles. The highest BCUT2D eigenvalue weighted by atomic mass is 16.3.